The van der Waals surface area contributed by atoms with E-state index in [9.17, 15) is 8.42 Å². The number of anilines is 1. The van der Waals surface area contributed by atoms with Crippen LogP contribution in [0.1, 0.15) is 25.3 Å². The van der Waals surface area contributed by atoms with E-state index in [0.29, 0.717) is 17.0 Å². The predicted molar refractivity (Wildman–Crippen MR) is 112 cm³/mol. The number of nitrogens with one attached hydrogen (secondary N) is 1. The molecule has 0 radical (unpaired) electrons. The summed E-state index contributed by atoms with van der Waals surface area (Å²) in [6.07, 6.45) is 0. The van der Waals surface area contributed by atoms with Crippen LogP contribution in [-0.2, 0) is 10.0 Å². The van der Waals surface area contributed by atoms with Crippen molar-refractivity contribution in [2.75, 3.05) is 11.8 Å². The molecule has 5 nitrogen and oxygen atoms in total. The first-order valence-electron chi connectivity index (χ1n) is 9.01. The van der Waals surface area contributed by atoms with Gasteiger partial charge in [0.05, 0.1) is 17.7 Å². The summed E-state index contributed by atoms with van der Waals surface area (Å²) in [6.45, 7) is 3.99. The number of ether oxygens (including phenoxy) is 1. The maximum absolute atomic E-state index is 12.9. The Morgan fingerprint density at radius 3 is 2.43 bits per heavy atom. The standard InChI is InChI=1S/C22H21NO4S/c1-14(2)19-13-16(9-11-20(19)26-3)28(24,25)23-15-8-10-18-17-6-4-5-7-21(17)27-22(18)12-15/h4-14,23H,1-3H3. The normalized spacial score (nSPS) is 12.0. The first kappa shape index (κ1) is 18.4. The lowest BCUT2D eigenvalue weighted by atomic mass is 10.0. The molecule has 144 valence electrons. The molecule has 0 amide bonds. The average Bonchev–Trinajstić information content (AvgIpc) is 3.04. The predicted octanol–water partition coefficient (Wildman–Crippen LogP) is 5.52. The van der Waals surface area contributed by atoms with Crippen molar-refractivity contribution < 1.29 is 17.6 Å². The first-order chi connectivity index (χ1) is 13.4. The van der Waals surface area contributed by atoms with Gasteiger partial charge >= 0.3 is 0 Å². The van der Waals surface area contributed by atoms with Gasteiger partial charge in [-0.1, -0.05) is 32.0 Å². The van der Waals surface area contributed by atoms with Gasteiger partial charge in [-0.2, -0.15) is 0 Å². The van der Waals surface area contributed by atoms with Gasteiger partial charge in [0.25, 0.3) is 10.0 Å². The Labute approximate surface area is 164 Å². The van der Waals surface area contributed by atoms with E-state index in [1.807, 2.05) is 44.2 Å². The molecule has 6 heteroatoms. The largest absolute Gasteiger partial charge is 0.496 e. The summed E-state index contributed by atoms with van der Waals surface area (Å²) in [5.74, 6) is 0.814. The molecule has 3 aromatic carbocycles. The van der Waals surface area contributed by atoms with E-state index >= 15 is 0 Å². The molecule has 4 aromatic rings. The smallest absolute Gasteiger partial charge is 0.261 e. The van der Waals surface area contributed by atoms with Crippen LogP contribution in [0.5, 0.6) is 5.75 Å². The lowest BCUT2D eigenvalue weighted by Gasteiger charge is -2.14. The Morgan fingerprint density at radius 2 is 1.68 bits per heavy atom. The fourth-order valence-electron chi connectivity index (χ4n) is 3.33. The van der Waals surface area contributed by atoms with E-state index in [4.69, 9.17) is 9.15 Å². The van der Waals surface area contributed by atoms with Gasteiger partial charge in [-0.3, -0.25) is 4.72 Å². The highest BCUT2D eigenvalue weighted by atomic mass is 32.2. The summed E-state index contributed by atoms with van der Waals surface area (Å²) < 4.78 is 39.6. The molecule has 4 rings (SSSR count). The fraction of sp³-hybridized carbons (Fsp3) is 0.182. The molecular weight excluding hydrogens is 374 g/mol. The van der Waals surface area contributed by atoms with E-state index in [2.05, 4.69) is 4.72 Å². The summed E-state index contributed by atoms with van der Waals surface area (Å²) in [5, 5.41) is 1.95. The molecule has 28 heavy (non-hydrogen) atoms. The molecule has 1 N–H and O–H groups in total. The SMILES string of the molecule is COc1ccc(S(=O)(=O)Nc2ccc3c(c2)oc2ccccc23)cc1C(C)C. The monoisotopic (exact) mass is 395 g/mol. The van der Waals surface area contributed by atoms with E-state index < -0.39 is 10.0 Å². The zero-order valence-corrected chi connectivity index (χ0v) is 16.7. The first-order valence-corrected chi connectivity index (χ1v) is 10.5. The number of hydrogen-bond acceptors (Lipinski definition) is 4. The zero-order valence-electron chi connectivity index (χ0n) is 15.9. The van der Waals surface area contributed by atoms with Crippen LogP contribution in [-0.4, -0.2) is 15.5 Å². The molecule has 0 bridgehead atoms. The maximum Gasteiger partial charge on any atom is 0.261 e. The lowest BCUT2D eigenvalue weighted by Crippen LogP contribution is -2.13. The van der Waals surface area contributed by atoms with Gasteiger partial charge in [0.2, 0.25) is 0 Å². The van der Waals surface area contributed by atoms with Crippen LogP contribution in [0, 0.1) is 0 Å². The summed E-state index contributed by atoms with van der Waals surface area (Å²) >= 11 is 0. The lowest BCUT2D eigenvalue weighted by molar-refractivity contribution is 0.407. The topological polar surface area (TPSA) is 68.5 Å². The van der Waals surface area contributed by atoms with Crippen molar-refractivity contribution in [3.63, 3.8) is 0 Å². The minimum Gasteiger partial charge on any atom is -0.496 e. The average molecular weight is 395 g/mol. The highest BCUT2D eigenvalue weighted by Gasteiger charge is 2.19. The Hall–Kier alpha value is -2.99. The molecule has 1 heterocycles. The van der Waals surface area contributed by atoms with Crippen LogP contribution in [0.2, 0.25) is 0 Å². The van der Waals surface area contributed by atoms with Crippen molar-refractivity contribution >= 4 is 37.6 Å². The Balaban J connectivity index is 1.71. The van der Waals surface area contributed by atoms with Crippen LogP contribution in [0.3, 0.4) is 0 Å². The Bertz CT molecular complexity index is 1270. The number of methoxy groups -OCH3 is 1. The summed E-state index contributed by atoms with van der Waals surface area (Å²) in [5.41, 5.74) is 2.71. The number of hydrogen-bond donors (Lipinski definition) is 1. The fourth-order valence-corrected chi connectivity index (χ4v) is 4.42. The summed E-state index contributed by atoms with van der Waals surface area (Å²) in [4.78, 5) is 0.196. The highest BCUT2D eigenvalue weighted by molar-refractivity contribution is 7.92. The van der Waals surface area contributed by atoms with E-state index in [0.717, 1.165) is 21.9 Å². The number of fused-ring (bicyclic) bond motifs is 3. The van der Waals surface area contributed by atoms with Crippen LogP contribution in [0.4, 0.5) is 5.69 Å². The molecular formula is C22H21NO4S. The van der Waals surface area contributed by atoms with Gasteiger partial charge in [-0.05, 0) is 47.9 Å². The molecule has 0 spiro atoms. The maximum atomic E-state index is 12.9. The highest BCUT2D eigenvalue weighted by Crippen LogP contribution is 2.32. The van der Waals surface area contributed by atoms with E-state index in [-0.39, 0.29) is 10.8 Å². The van der Waals surface area contributed by atoms with Gasteiger partial charge < -0.3 is 9.15 Å². The third-order valence-corrected chi connectivity index (χ3v) is 6.14. The number of benzene rings is 3. The van der Waals surface area contributed by atoms with Crippen molar-refractivity contribution in [1.82, 2.24) is 0 Å². The number of sulfonamides is 1. The van der Waals surface area contributed by atoms with E-state index in [1.165, 1.54) is 0 Å². The molecule has 0 aliphatic heterocycles. The third kappa shape index (κ3) is 3.20. The quantitative estimate of drug-likeness (QED) is 0.483. The number of rotatable bonds is 5. The minimum atomic E-state index is -3.74. The van der Waals surface area contributed by atoms with Gasteiger partial charge in [0.15, 0.2) is 0 Å². The van der Waals surface area contributed by atoms with Gasteiger partial charge in [-0.25, -0.2) is 8.42 Å². The Kier molecular flexibility index (Phi) is 4.51. The molecule has 0 aliphatic carbocycles. The van der Waals surface area contributed by atoms with Crippen LogP contribution < -0.4 is 9.46 Å². The van der Waals surface area contributed by atoms with Crippen molar-refractivity contribution in [3.05, 3.63) is 66.2 Å². The van der Waals surface area contributed by atoms with Gasteiger partial charge in [-0.15, -0.1) is 0 Å². The third-order valence-electron chi connectivity index (χ3n) is 4.76. The second-order valence-corrected chi connectivity index (χ2v) is 8.66. The summed E-state index contributed by atoms with van der Waals surface area (Å²) in [7, 11) is -2.16. The van der Waals surface area contributed by atoms with Crippen LogP contribution >= 0.6 is 0 Å². The second-order valence-electron chi connectivity index (χ2n) is 6.97. The van der Waals surface area contributed by atoms with Crippen molar-refractivity contribution in [2.45, 2.75) is 24.7 Å². The number of furan rings is 1. The molecule has 0 aliphatic rings. The molecule has 0 saturated heterocycles. The molecule has 1 aromatic heterocycles. The Morgan fingerprint density at radius 1 is 0.929 bits per heavy atom. The van der Waals surface area contributed by atoms with E-state index in [1.54, 1.807) is 37.4 Å². The summed E-state index contributed by atoms with van der Waals surface area (Å²) in [6, 6.07) is 17.9. The van der Waals surface area contributed by atoms with Crippen LogP contribution in [0.15, 0.2) is 70.0 Å². The van der Waals surface area contributed by atoms with Crippen LogP contribution in [0.25, 0.3) is 21.9 Å². The minimum absolute atomic E-state index is 0.136. The zero-order chi connectivity index (χ0) is 19.9. The molecule has 0 fully saturated rings. The number of para-hydroxylation sites is 1. The van der Waals surface area contributed by atoms with Gasteiger partial charge in [0, 0.05) is 16.8 Å². The second kappa shape index (κ2) is 6.87. The van der Waals surface area contributed by atoms with Crippen molar-refractivity contribution in [2.24, 2.45) is 0 Å². The van der Waals surface area contributed by atoms with Crippen molar-refractivity contribution in [3.8, 4) is 5.75 Å². The molecule has 0 saturated carbocycles. The van der Waals surface area contributed by atoms with Crippen molar-refractivity contribution in [1.29, 1.82) is 0 Å². The molecule has 0 unspecified atom stereocenters. The van der Waals surface area contributed by atoms with Gasteiger partial charge in [0.1, 0.15) is 16.9 Å². The molecule has 0 atom stereocenters.